The van der Waals surface area contributed by atoms with Gasteiger partial charge in [0.05, 0.1) is 0 Å². The fourth-order valence-corrected chi connectivity index (χ4v) is 3.21. The normalized spacial score (nSPS) is 10.7. The first-order valence-corrected chi connectivity index (χ1v) is 7.79. The van der Waals surface area contributed by atoms with Crippen LogP contribution in [0.2, 0.25) is 10.0 Å². The first-order valence-electron chi connectivity index (χ1n) is 6.05. The number of benzene rings is 2. The summed E-state index contributed by atoms with van der Waals surface area (Å²) in [4.78, 5) is 1.20. The number of hydrogen-bond acceptors (Lipinski definition) is 2. The molecule has 0 saturated heterocycles. The molecule has 0 fully saturated rings. The van der Waals surface area contributed by atoms with Crippen molar-refractivity contribution in [1.82, 2.24) is 0 Å². The predicted molar refractivity (Wildman–Crippen MR) is 85.2 cm³/mol. The SMILES string of the molecule is NCCc1ccc(Cl)cc1SCc1ccc(Cl)cc1. The molecule has 0 heterocycles. The van der Waals surface area contributed by atoms with E-state index in [-0.39, 0.29) is 0 Å². The molecule has 0 saturated carbocycles. The van der Waals surface area contributed by atoms with Crippen molar-refractivity contribution in [3.05, 3.63) is 63.6 Å². The Balaban J connectivity index is 2.09. The number of nitrogens with two attached hydrogens (primary N) is 1. The second kappa shape index (κ2) is 7.20. The van der Waals surface area contributed by atoms with Crippen LogP contribution in [-0.4, -0.2) is 6.54 Å². The highest BCUT2D eigenvalue weighted by atomic mass is 35.5. The van der Waals surface area contributed by atoms with Crippen LogP contribution in [0, 0.1) is 0 Å². The van der Waals surface area contributed by atoms with Crippen LogP contribution in [0.5, 0.6) is 0 Å². The summed E-state index contributed by atoms with van der Waals surface area (Å²) < 4.78 is 0. The number of thioether (sulfide) groups is 1. The van der Waals surface area contributed by atoms with Crippen molar-refractivity contribution in [2.45, 2.75) is 17.1 Å². The zero-order valence-electron chi connectivity index (χ0n) is 10.4. The van der Waals surface area contributed by atoms with Gasteiger partial charge in [0.1, 0.15) is 0 Å². The average Bonchev–Trinajstić information content (AvgIpc) is 2.41. The molecule has 19 heavy (non-hydrogen) atoms. The van der Waals surface area contributed by atoms with Crippen molar-refractivity contribution >= 4 is 35.0 Å². The quantitative estimate of drug-likeness (QED) is 0.804. The van der Waals surface area contributed by atoms with Gasteiger partial charge in [-0.3, -0.25) is 0 Å². The highest BCUT2D eigenvalue weighted by molar-refractivity contribution is 7.98. The smallest absolute Gasteiger partial charge is 0.0417 e. The van der Waals surface area contributed by atoms with E-state index in [1.54, 1.807) is 11.8 Å². The lowest BCUT2D eigenvalue weighted by Crippen LogP contribution is -2.03. The lowest BCUT2D eigenvalue weighted by Gasteiger charge is -2.09. The molecule has 0 unspecified atom stereocenters. The predicted octanol–water partition coefficient (Wildman–Crippen LogP) is 4.79. The Morgan fingerprint density at radius 3 is 2.32 bits per heavy atom. The van der Waals surface area contributed by atoms with Gasteiger partial charge in [0, 0.05) is 20.7 Å². The molecule has 0 aliphatic heterocycles. The highest BCUT2D eigenvalue weighted by Crippen LogP contribution is 2.29. The molecule has 2 aromatic carbocycles. The van der Waals surface area contributed by atoms with E-state index in [0.29, 0.717) is 6.54 Å². The zero-order chi connectivity index (χ0) is 13.7. The molecule has 0 bridgehead atoms. The van der Waals surface area contributed by atoms with Gasteiger partial charge in [-0.05, 0) is 48.4 Å². The molecule has 0 aromatic heterocycles. The summed E-state index contributed by atoms with van der Waals surface area (Å²) >= 11 is 13.7. The molecule has 0 amide bonds. The summed E-state index contributed by atoms with van der Waals surface area (Å²) in [6.45, 7) is 0.649. The van der Waals surface area contributed by atoms with Gasteiger partial charge in [0.2, 0.25) is 0 Å². The van der Waals surface area contributed by atoms with E-state index in [1.807, 2.05) is 36.4 Å². The Morgan fingerprint density at radius 2 is 1.63 bits per heavy atom. The minimum atomic E-state index is 0.649. The van der Waals surface area contributed by atoms with E-state index in [4.69, 9.17) is 28.9 Å². The maximum atomic E-state index is 6.06. The summed E-state index contributed by atoms with van der Waals surface area (Å²) in [5.74, 6) is 0.898. The molecular weight excluding hydrogens is 297 g/mol. The molecule has 4 heteroatoms. The van der Waals surface area contributed by atoms with Crippen molar-refractivity contribution in [2.24, 2.45) is 5.73 Å². The maximum Gasteiger partial charge on any atom is 0.0417 e. The van der Waals surface area contributed by atoms with Crippen molar-refractivity contribution < 1.29 is 0 Å². The molecule has 0 atom stereocenters. The Bertz CT molecular complexity index is 540. The molecule has 100 valence electrons. The van der Waals surface area contributed by atoms with Gasteiger partial charge in [-0.15, -0.1) is 11.8 Å². The first kappa shape index (κ1) is 14.7. The first-order chi connectivity index (χ1) is 9.19. The lowest BCUT2D eigenvalue weighted by atomic mass is 10.1. The van der Waals surface area contributed by atoms with Crippen LogP contribution in [0.25, 0.3) is 0 Å². The van der Waals surface area contributed by atoms with E-state index in [9.17, 15) is 0 Å². The molecule has 0 aliphatic rings. The topological polar surface area (TPSA) is 26.0 Å². The third kappa shape index (κ3) is 4.43. The molecule has 2 rings (SSSR count). The van der Waals surface area contributed by atoms with Crippen molar-refractivity contribution in [3.8, 4) is 0 Å². The third-order valence-electron chi connectivity index (χ3n) is 2.75. The summed E-state index contributed by atoms with van der Waals surface area (Å²) in [5, 5.41) is 1.53. The van der Waals surface area contributed by atoms with Gasteiger partial charge in [-0.1, -0.05) is 41.4 Å². The molecule has 2 N–H and O–H groups in total. The highest BCUT2D eigenvalue weighted by Gasteiger charge is 2.04. The van der Waals surface area contributed by atoms with E-state index >= 15 is 0 Å². The summed E-state index contributed by atoms with van der Waals surface area (Å²) in [6, 6.07) is 13.9. The van der Waals surface area contributed by atoms with Gasteiger partial charge in [0.25, 0.3) is 0 Å². The van der Waals surface area contributed by atoms with Crippen molar-refractivity contribution in [1.29, 1.82) is 0 Å². The third-order valence-corrected chi connectivity index (χ3v) is 4.41. The molecule has 0 aliphatic carbocycles. The molecular formula is C15H15Cl2NS. The van der Waals surface area contributed by atoms with Crippen molar-refractivity contribution in [2.75, 3.05) is 6.54 Å². The number of halogens is 2. The Morgan fingerprint density at radius 1 is 0.947 bits per heavy atom. The summed E-state index contributed by atoms with van der Waals surface area (Å²) in [7, 11) is 0. The van der Waals surface area contributed by atoms with Crippen LogP contribution in [0.3, 0.4) is 0 Å². The second-order valence-electron chi connectivity index (χ2n) is 4.21. The maximum absolute atomic E-state index is 6.06. The minimum absolute atomic E-state index is 0.649. The Labute approximate surface area is 128 Å². The fourth-order valence-electron chi connectivity index (χ4n) is 1.77. The van der Waals surface area contributed by atoms with Crippen LogP contribution < -0.4 is 5.73 Å². The van der Waals surface area contributed by atoms with E-state index < -0.39 is 0 Å². The van der Waals surface area contributed by atoms with Crippen LogP contribution in [0.4, 0.5) is 0 Å². The Kier molecular flexibility index (Phi) is 5.59. The van der Waals surface area contributed by atoms with E-state index in [1.165, 1.54) is 16.0 Å². The van der Waals surface area contributed by atoms with Crippen LogP contribution in [-0.2, 0) is 12.2 Å². The molecule has 0 spiro atoms. The van der Waals surface area contributed by atoms with Gasteiger partial charge < -0.3 is 5.73 Å². The van der Waals surface area contributed by atoms with Crippen LogP contribution in [0.1, 0.15) is 11.1 Å². The second-order valence-corrected chi connectivity index (χ2v) is 6.10. The lowest BCUT2D eigenvalue weighted by molar-refractivity contribution is 0.944. The van der Waals surface area contributed by atoms with Crippen LogP contribution >= 0.6 is 35.0 Å². The standard InChI is InChI=1S/C15H15Cl2NS/c16-13-4-1-11(2-5-13)10-19-15-9-14(17)6-3-12(15)7-8-18/h1-6,9H,7-8,10,18H2. The molecule has 1 nitrogen and oxygen atoms in total. The largest absolute Gasteiger partial charge is 0.330 e. The van der Waals surface area contributed by atoms with E-state index in [2.05, 4.69) is 6.07 Å². The number of rotatable bonds is 5. The van der Waals surface area contributed by atoms with Gasteiger partial charge in [-0.2, -0.15) is 0 Å². The van der Waals surface area contributed by atoms with Gasteiger partial charge in [-0.25, -0.2) is 0 Å². The fraction of sp³-hybridized carbons (Fsp3) is 0.200. The van der Waals surface area contributed by atoms with E-state index in [0.717, 1.165) is 22.2 Å². The monoisotopic (exact) mass is 311 g/mol. The Hall–Kier alpha value is -0.670. The van der Waals surface area contributed by atoms with Crippen molar-refractivity contribution in [3.63, 3.8) is 0 Å². The van der Waals surface area contributed by atoms with Gasteiger partial charge in [0.15, 0.2) is 0 Å². The van der Waals surface area contributed by atoms with Crippen LogP contribution in [0.15, 0.2) is 47.4 Å². The summed E-state index contributed by atoms with van der Waals surface area (Å²) in [6.07, 6.45) is 0.875. The summed E-state index contributed by atoms with van der Waals surface area (Å²) in [5.41, 5.74) is 8.13. The number of hydrogen-bond donors (Lipinski definition) is 1. The molecule has 0 radical (unpaired) electrons. The minimum Gasteiger partial charge on any atom is -0.330 e. The van der Waals surface area contributed by atoms with Gasteiger partial charge >= 0.3 is 0 Å². The molecule has 2 aromatic rings. The zero-order valence-corrected chi connectivity index (χ0v) is 12.7. The average molecular weight is 312 g/mol.